The summed E-state index contributed by atoms with van der Waals surface area (Å²) in [4.78, 5) is 22.1. The molecule has 7 heteroatoms. The molecule has 0 saturated heterocycles. The summed E-state index contributed by atoms with van der Waals surface area (Å²) in [5.74, 6) is 0.217. The van der Waals surface area contributed by atoms with E-state index in [9.17, 15) is 9.59 Å². The van der Waals surface area contributed by atoms with Gasteiger partial charge in [-0.15, -0.1) is 0 Å². The zero-order valence-corrected chi connectivity index (χ0v) is 13.3. The van der Waals surface area contributed by atoms with Crippen molar-refractivity contribution in [3.63, 3.8) is 0 Å². The molecular weight excluding hydrogens is 326 g/mol. The monoisotopic (exact) mass is 344 g/mol. The predicted octanol–water partition coefficient (Wildman–Crippen LogP) is 0.249. The Balaban J connectivity index is 2.50. The Bertz CT molecular complexity index is 494. The van der Waals surface area contributed by atoms with Gasteiger partial charge in [-0.05, 0) is 41.1 Å². The lowest BCUT2D eigenvalue weighted by atomic mass is 10.1. The quantitative estimate of drug-likeness (QED) is 0.669. The average molecular weight is 345 g/mol. The topological polar surface area (TPSA) is 84.0 Å². The lowest BCUT2D eigenvalue weighted by molar-refractivity contribution is -0.682. The first-order valence-corrected chi connectivity index (χ1v) is 6.95. The molecule has 110 valence electrons. The number of quaternary nitrogens is 1. The Hall–Kier alpha value is -1.60. The molecule has 4 N–H and O–H groups in total. The highest BCUT2D eigenvalue weighted by atomic mass is 79.9. The zero-order chi connectivity index (χ0) is 15.1. The summed E-state index contributed by atoms with van der Waals surface area (Å²) >= 11 is 3.43. The molecule has 20 heavy (non-hydrogen) atoms. The summed E-state index contributed by atoms with van der Waals surface area (Å²) in [6.45, 7) is 3.56. The number of nitrogens with one attached hydrogen (secondary N) is 2. The maximum absolute atomic E-state index is 11.5. The summed E-state index contributed by atoms with van der Waals surface area (Å²) < 4.78 is 6.05. The van der Waals surface area contributed by atoms with Crippen LogP contribution in [-0.2, 0) is 9.59 Å². The van der Waals surface area contributed by atoms with Crippen LogP contribution >= 0.6 is 15.9 Å². The number of hydrogen-bond donors (Lipinski definition) is 3. The van der Waals surface area contributed by atoms with Gasteiger partial charge in [-0.3, -0.25) is 20.4 Å². The molecule has 1 atom stereocenters. The molecule has 1 aromatic rings. The third-order valence-corrected chi connectivity index (χ3v) is 3.36. The molecule has 0 aliphatic carbocycles. The van der Waals surface area contributed by atoms with Gasteiger partial charge in [0.2, 0.25) is 5.91 Å². The fourth-order valence-electron chi connectivity index (χ4n) is 1.59. The van der Waals surface area contributed by atoms with Crippen molar-refractivity contribution in [2.45, 2.75) is 19.9 Å². The van der Waals surface area contributed by atoms with Crippen LogP contribution in [0.5, 0.6) is 5.75 Å². The van der Waals surface area contributed by atoms with E-state index >= 15 is 0 Å². The Morgan fingerprint density at radius 1 is 1.40 bits per heavy atom. The molecule has 0 saturated carbocycles. The minimum absolute atomic E-state index is 0.111. The summed E-state index contributed by atoms with van der Waals surface area (Å²) in [7, 11) is 1.61. The first-order chi connectivity index (χ1) is 9.43. The van der Waals surface area contributed by atoms with Gasteiger partial charge in [-0.1, -0.05) is 0 Å². The van der Waals surface area contributed by atoms with Crippen molar-refractivity contribution >= 4 is 27.7 Å². The minimum atomic E-state index is -0.300. The SMILES string of the molecule is COc1ccc([C@H](C)[NH2+]CC(=O)NNC(C)=O)cc1Br. The molecule has 0 aliphatic rings. The molecule has 0 heterocycles. The fourth-order valence-corrected chi connectivity index (χ4v) is 2.15. The highest BCUT2D eigenvalue weighted by molar-refractivity contribution is 9.10. The number of hydrogen-bond acceptors (Lipinski definition) is 3. The van der Waals surface area contributed by atoms with Crippen molar-refractivity contribution in [2.75, 3.05) is 13.7 Å². The maximum Gasteiger partial charge on any atom is 0.293 e. The molecule has 0 unspecified atom stereocenters. The predicted molar refractivity (Wildman–Crippen MR) is 77.9 cm³/mol. The minimum Gasteiger partial charge on any atom is -0.496 e. The second-order valence-corrected chi connectivity index (χ2v) is 5.21. The Morgan fingerprint density at radius 3 is 2.65 bits per heavy atom. The van der Waals surface area contributed by atoms with Crippen LogP contribution in [0.1, 0.15) is 25.5 Å². The van der Waals surface area contributed by atoms with E-state index < -0.39 is 0 Å². The van der Waals surface area contributed by atoms with Crippen LogP contribution in [0.2, 0.25) is 0 Å². The fraction of sp³-hybridized carbons (Fsp3) is 0.385. The van der Waals surface area contributed by atoms with Crippen LogP contribution in [0.15, 0.2) is 22.7 Å². The number of nitrogens with two attached hydrogens (primary N) is 1. The average Bonchev–Trinajstić information content (AvgIpc) is 2.42. The van der Waals surface area contributed by atoms with Crippen LogP contribution in [-0.4, -0.2) is 25.5 Å². The number of rotatable bonds is 5. The molecule has 6 nitrogen and oxygen atoms in total. The molecule has 0 spiro atoms. The number of hydrazine groups is 1. The number of carbonyl (C=O) groups excluding carboxylic acids is 2. The Labute approximate surface area is 126 Å². The second kappa shape index (κ2) is 7.86. The van der Waals surface area contributed by atoms with Crippen molar-refractivity contribution < 1.29 is 19.6 Å². The van der Waals surface area contributed by atoms with Gasteiger partial charge in [0, 0.05) is 12.5 Å². The van der Waals surface area contributed by atoms with E-state index in [1.54, 1.807) is 7.11 Å². The third kappa shape index (κ3) is 5.18. The number of methoxy groups -OCH3 is 1. The van der Waals surface area contributed by atoms with E-state index in [1.807, 2.05) is 30.4 Å². The van der Waals surface area contributed by atoms with Gasteiger partial charge < -0.3 is 10.1 Å². The van der Waals surface area contributed by atoms with Gasteiger partial charge in [-0.25, -0.2) is 0 Å². The second-order valence-electron chi connectivity index (χ2n) is 4.35. The van der Waals surface area contributed by atoms with Crippen molar-refractivity contribution in [1.82, 2.24) is 10.9 Å². The van der Waals surface area contributed by atoms with Crippen molar-refractivity contribution in [1.29, 1.82) is 0 Å². The summed E-state index contributed by atoms with van der Waals surface area (Å²) in [5.41, 5.74) is 5.64. The highest BCUT2D eigenvalue weighted by Gasteiger charge is 2.13. The molecule has 1 aromatic carbocycles. The summed E-state index contributed by atoms with van der Waals surface area (Å²) in [6.07, 6.45) is 0. The number of amides is 2. The first kappa shape index (κ1) is 16.5. The summed E-state index contributed by atoms with van der Waals surface area (Å²) in [5, 5.41) is 1.88. The van der Waals surface area contributed by atoms with Gasteiger partial charge in [0.15, 0.2) is 6.54 Å². The molecule has 1 rings (SSSR count). The van der Waals surface area contributed by atoms with Crippen molar-refractivity contribution in [3.05, 3.63) is 28.2 Å². The van der Waals surface area contributed by atoms with Crippen LogP contribution in [0.25, 0.3) is 0 Å². The van der Waals surface area contributed by atoms with Gasteiger partial charge in [-0.2, -0.15) is 0 Å². The van der Waals surface area contributed by atoms with E-state index in [2.05, 4.69) is 26.8 Å². The Kier molecular flexibility index (Phi) is 6.47. The molecule has 0 aromatic heterocycles. The van der Waals surface area contributed by atoms with E-state index in [-0.39, 0.29) is 24.4 Å². The number of ether oxygens (including phenoxy) is 1. The summed E-state index contributed by atoms with van der Waals surface area (Å²) in [6, 6.07) is 5.91. The zero-order valence-electron chi connectivity index (χ0n) is 11.7. The molecule has 0 aliphatic heterocycles. The van der Waals surface area contributed by atoms with E-state index in [0.717, 1.165) is 15.8 Å². The van der Waals surface area contributed by atoms with Crippen LogP contribution in [0.4, 0.5) is 0 Å². The maximum atomic E-state index is 11.5. The molecular formula is C13H19BrN3O3+. The molecule has 0 bridgehead atoms. The van der Waals surface area contributed by atoms with E-state index in [0.29, 0.717) is 0 Å². The van der Waals surface area contributed by atoms with E-state index in [4.69, 9.17) is 4.74 Å². The number of halogens is 1. The highest BCUT2D eigenvalue weighted by Crippen LogP contribution is 2.26. The smallest absolute Gasteiger partial charge is 0.293 e. The Morgan fingerprint density at radius 2 is 2.10 bits per heavy atom. The molecule has 2 amide bonds. The third-order valence-electron chi connectivity index (χ3n) is 2.74. The first-order valence-electron chi connectivity index (χ1n) is 6.16. The standard InChI is InChI=1S/C13H18BrN3O3/c1-8(15-7-13(19)17-16-9(2)18)10-4-5-12(20-3)11(14)6-10/h4-6,8,15H,7H2,1-3H3,(H,16,18)(H,17,19)/p+1/t8-/m0/s1. The molecule has 0 radical (unpaired) electrons. The lowest BCUT2D eigenvalue weighted by Gasteiger charge is -2.12. The van der Waals surface area contributed by atoms with Crippen molar-refractivity contribution in [3.8, 4) is 5.75 Å². The van der Waals surface area contributed by atoms with Crippen LogP contribution in [0.3, 0.4) is 0 Å². The van der Waals surface area contributed by atoms with Gasteiger partial charge in [0.05, 0.1) is 11.6 Å². The van der Waals surface area contributed by atoms with Crippen LogP contribution in [0, 0.1) is 0 Å². The van der Waals surface area contributed by atoms with Crippen molar-refractivity contribution in [2.24, 2.45) is 0 Å². The normalized spacial score (nSPS) is 11.6. The van der Waals surface area contributed by atoms with Gasteiger partial charge >= 0.3 is 0 Å². The van der Waals surface area contributed by atoms with Crippen LogP contribution < -0.4 is 20.9 Å². The van der Waals surface area contributed by atoms with Gasteiger partial charge in [0.1, 0.15) is 11.8 Å². The number of benzene rings is 1. The number of carbonyl (C=O) groups is 2. The van der Waals surface area contributed by atoms with E-state index in [1.165, 1.54) is 6.92 Å². The van der Waals surface area contributed by atoms with Gasteiger partial charge in [0.25, 0.3) is 5.91 Å². The molecule has 0 fully saturated rings. The largest absolute Gasteiger partial charge is 0.496 e. The lowest BCUT2D eigenvalue weighted by Crippen LogP contribution is -2.87.